The van der Waals surface area contributed by atoms with Crippen molar-refractivity contribution >= 4 is 39.1 Å². The van der Waals surface area contributed by atoms with E-state index in [0.717, 1.165) is 4.47 Å². The van der Waals surface area contributed by atoms with Crippen molar-refractivity contribution in [3.63, 3.8) is 0 Å². The number of benzene rings is 2. The molecule has 6 heteroatoms. The van der Waals surface area contributed by atoms with E-state index in [1.54, 1.807) is 30.3 Å². The largest absolute Gasteiger partial charge is 0.486 e. The number of nitrogens with one attached hydrogen (secondary N) is 1. The average Bonchev–Trinajstić information content (AvgIpc) is 2.50. The van der Waals surface area contributed by atoms with Crippen molar-refractivity contribution < 1.29 is 14.3 Å². The summed E-state index contributed by atoms with van der Waals surface area (Å²) in [5.74, 6) is 0.972. The lowest BCUT2D eigenvalue weighted by molar-refractivity contribution is 0.102. The summed E-state index contributed by atoms with van der Waals surface area (Å²) < 4.78 is 11.7. The number of hydrogen-bond acceptors (Lipinski definition) is 3. The molecule has 0 aliphatic carbocycles. The molecule has 0 radical (unpaired) electrons. The first-order valence-electron chi connectivity index (χ1n) is 6.29. The number of halogens is 2. The van der Waals surface area contributed by atoms with Crippen LogP contribution in [0.1, 0.15) is 10.4 Å². The fourth-order valence-electron chi connectivity index (χ4n) is 1.97. The highest BCUT2D eigenvalue weighted by molar-refractivity contribution is 9.10. The van der Waals surface area contributed by atoms with E-state index in [1.807, 2.05) is 6.07 Å². The van der Waals surface area contributed by atoms with Gasteiger partial charge in [-0.2, -0.15) is 0 Å². The molecule has 1 N–H and O–H groups in total. The second kappa shape index (κ2) is 5.95. The Kier molecular flexibility index (Phi) is 4.03. The van der Waals surface area contributed by atoms with Crippen LogP contribution in [0.2, 0.25) is 5.02 Å². The zero-order chi connectivity index (χ0) is 14.8. The molecule has 1 aliphatic heterocycles. The van der Waals surface area contributed by atoms with Gasteiger partial charge in [0.2, 0.25) is 0 Å². The third kappa shape index (κ3) is 3.14. The lowest BCUT2D eigenvalue weighted by Crippen LogP contribution is -2.17. The summed E-state index contributed by atoms with van der Waals surface area (Å²) in [6.45, 7) is 1.00. The molecule has 0 atom stereocenters. The average molecular weight is 369 g/mol. The summed E-state index contributed by atoms with van der Waals surface area (Å²) >= 11 is 9.41. The van der Waals surface area contributed by atoms with Crippen LogP contribution in [-0.2, 0) is 0 Å². The zero-order valence-corrected chi connectivity index (χ0v) is 13.2. The van der Waals surface area contributed by atoms with Gasteiger partial charge in [-0.15, -0.1) is 0 Å². The van der Waals surface area contributed by atoms with Crippen LogP contribution in [-0.4, -0.2) is 19.1 Å². The number of rotatable bonds is 2. The highest BCUT2D eigenvalue weighted by atomic mass is 79.9. The molecule has 2 aromatic carbocycles. The number of carbonyl (C=O) groups excluding carboxylic acids is 1. The molecule has 0 bridgehead atoms. The Hall–Kier alpha value is -1.72. The highest BCUT2D eigenvalue weighted by Gasteiger charge is 2.15. The van der Waals surface area contributed by atoms with Crippen LogP contribution in [0.3, 0.4) is 0 Å². The van der Waals surface area contributed by atoms with Crippen molar-refractivity contribution in [1.29, 1.82) is 0 Å². The maximum Gasteiger partial charge on any atom is 0.255 e. The van der Waals surface area contributed by atoms with Gasteiger partial charge >= 0.3 is 0 Å². The minimum atomic E-state index is -0.257. The number of fused-ring (bicyclic) bond motifs is 1. The van der Waals surface area contributed by atoms with E-state index < -0.39 is 0 Å². The Morgan fingerprint density at radius 3 is 2.67 bits per heavy atom. The Morgan fingerprint density at radius 1 is 1.10 bits per heavy atom. The molecule has 0 saturated carbocycles. The normalized spacial score (nSPS) is 12.9. The molecule has 0 saturated heterocycles. The number of carbonyl (C=O) groups is 1. The van der Waals surface area contributed by atoms with E-state index in [4.69, 9.17) is 21.1 Å². The van der Waals surface area contributed by atoms with Gasteiger partial charge in [-0.3, -0.25) is 4.79 Å². The van der Waals surface area contributed by atoms with E-state index in [0.29, 0.717) is 41.0 Å². The van der Waals surface area contributed by atoms with Gasteiger partial charge in [-0.05, 0) is 36.4 Å². The van der Waals surface area contributed by atoms with E-state index in [1.165, 1.54) is 0 Å². The van der Waals surface area contributed by atoms with Gasteiger partial charge in [0.25, 0.3) is 5.91 Å². The predicted octanol–water partition coefficient (Wildman–Crippen LogP) is 4.13. The van der Waals surface area contributed by atoms with Crippen molar-refractivity contribution in [2.75, 3.05) is 18.5 Å². The summed E-state index contributed by atoms with van der Waals surface area (Å²) in [4.78, 5) is 12.3. The number of amides is 1. The van der Waals surface area contributed by atoms with Gasteiger partial charge in [0.15, 0.2) is 11.5 Å². The van der Waals surface area contributed by atoms with Crippen LogP contribution >= 0.6 is 27.5 Å². The van der Waals surface area contributed by atoms with Crippen molar-refractivity contribution in [3.8, 4) is 11.5 Å². The molecule has 0 fully saturated rings. The monoisotopic (exact) mass is 367 g/mol. The molecule has 1 amide bonds. The first-order chi connectivity index (χ1) is 10.1. The van der Waals surface area contributed by atoms with Crippen LogP contribution in [0.25, 0.3) is 0 Å². The number of hydrogen-bond donors (Lipinski definition) is 1. The van der Waals surface area contributed by atoms with Crippen molar-refractivity contribution in [2.45, 2.75) is 0 Å². The van der Waals surface area contributed by atoms with Gasteiger partial charge in [0.05, 0.1) is 10.7 Å². The van der Waals surface area contributed by atoms with Crippen LogP contribution in [0, 0.1) is 0 Å². The Morgan fingerprint density at radius 2 is 1.86 bits per heavy atom. The SMILES string of the molecule is O=C(Nc1cc(Br)ccc1Cl)c1ccc2c(c1)OCCO2. The third-order valence-corrected chi connectivity index (χ3v) is 3.80. The lowest BCUT2D eigenvalue weighted by Gasteiger charge is -2.18. The molecule has 4 nitrogen and oxygen atoms in total. The van der Waals surface area contributed by atoms with E-state index >= 15 is 0 Å². The quantitative estimate of drug-likeness (QED) is 0.867. The van der Waals surface area contributed by atoms with Gasteiger partial charge in [0, 0.05) is 10.0 Å². The van der Waals surface area contributed by atoms with Gasteiger partial charge in [-0.1, -0.05) is 27.5 Å². The summed E-state index contributed by atoms with van der Waals surface area (Å²) in [6, 6.07) is 10.3. The minimum absolute atomic E-state index is 0.257. The van der Waals surface area contributed by atoms with Crippen LogP contribution < -0.4 is 14.8 Å². The summed E-state index contributed by atoms with van der Waals surface area (Å²) in [7, 11) is 0. The Balaban J connectivity index is 1.83. The molecule has 2 aromatic rings. The maximum absolute atomic E-state index is 12.3. The van der Waals surface area contributed by atoms with Crippen LogP contribution in [0.4, 0.5) is 5.69 Å². The Labute approximate surface area is 135 Å². The molecular weight excluding hydrogens is 358 g/mol. The number of ether oxygens (including phenoxy) is 2. The lowest BCUT2D eigenvalue weighted by atomic mass is 10.1. The van der Waals surface area contributed by atoms with Crippen molar-refractivity contribution in [3.05, 3.63) is 51.5 Å². The van der Waals surface area contributed by atoms with Gasteiger partial charge < -0.3 is 14.8 Å². The van der Waals surface area contributed by atoms with Crippen molar-refractivity contribution in [2.24, 2.45) is 0 Å². The highest BCUT2D eigenvalue weighted by Crippen LogP contribution is 2.31. The smallest absolute Gasteiger partial charge is 0.255 e. The van der Waals surface area contributed by atoms with E-state index in [9.17, 15) is 4.79 Å². The molecule has 0 spiro atoms. The Bertz CT molecular complexity index is 705. The summed E-state index contributed by atoms with van der Waals surface area (Å²) in [5, 5.41) is 3.25. The molecule has 0 aromatic heterocycles. The van der Waals surface area contributed by atoms with Gasteiger partial charge in [0.1, 0.15) is 13.2 Å². The topological polar surface area (TPSA) is 47.6 Å². The molecular formula is C15H11BrClNO3. The molecule has 3 rings (SSSR count). The molecule has 1 aliphatic rings. The summed E-state index contributed by atoms with van der Waals surface area (Å²) in [5.41, 5.74) is 1.03. The zero-order valence-electron chi connectivity index (χ0n) is 10.9. The molecule has 1 heterocycles. The first kappa shape index (κ1) is 14.2. The molecule has 21 heavy (non-hydrogen) atoms. The van der Waals surface area contributed by atoms with E-state index in [2.05, 4.69) is 21.2 Å². The second-order valence-electron chi connectivity index (χ2n) is 4.44. The first-order valence-corrected chi connectivity index (χ1v) is 7.46. The van der Waals surface area contributed by atoms with Crippen LogP contribution in [0.15, 0.2) is 40.9 Å². The van der Waals surface area contributed by atoms with Gasteiger partial charge in [-0.25, -0.2) is 0 Å². The van der Waals surface area contributed by atoms with Crippen LogP contribution in [0.5, 0.6) is 11.5 Å². The second-order valence-corrected chi connectivity index (χ2v) is 5.76. The molecule has 0 unspecified atom stereocenters. The van der Waals surface area contributed by atoms with Crippen molar-refractivity contribution in [1.82, 2.24) is 0 Å². The fourth-order valence-corrected chi connectivity index (χ4v) is 2.50. The standard InChI is InChI=1S/C15H11BrClNO3/c16-10-2-3-11(17)12(8-10)18-15(19)9-1-4-13-14(7-9)21-6-5-20-13/h1-4,7-8H,5-6H2,(H,18,19). The summed E-state index contributed by atoms with van der Waals surface area (Å²) in [6.07, 6.45) is 0. The minimum Gasteiger partial charge on any atom is -0.486 e. The predicted molar refractivity (Wildman–Crippen MR) is 84.5 cm³/mol. The number of anilines is 1. The fraction of sp³-hybridized carbons (Fsp3) is 0.133. The molecule has 108 valence electrons. The maximum atomic E-state index is 12.3. The third-order valence-electron chi connectivity index (χ3n) is 2.98. The van der Waals surface area contributed by atoms with E-state index in [-0.39, 0.29) is 5.91 Å².